The Morgan fingerprint density at radius 2 is 2.07 bits per heavy atom. The third-order valence-corrected chi connectivity index (χ3v) is 5.11. The lowest BCUT2D eigenvalue weighted by atomic mass is 9.93. The van der Waals surface area contributed by atoms with Gasteiger partial charge in [0.15, 0.2) is 5.65 Å². The molecule has 6 nitrogen and oxygen atoms in total. The number of fused-ring (bicyclic) bond motifs is 1. The van der Waals surface area contributed by atoms with E-state index >= 15 is 0 Å². The van der Waals surface area contributed by atoms with Gasteiger partial charge in [0.1, 0.15) is 6.61 Å². The van der Waals surface area contributed by atoms with E-state index in [4.69, 9.17) is 15.6 Å². The molecule has 0 aliphatic heterocycles. The molecule has 0 spiro atoms. The van der Waals surface area contributed by atoms with E-state index in [1.165, 1.54) is 12.8 Å². The summed E-state index contributed by atoms with van der Waals surface area (Å²) in [5.74, 6) is 1.76. The first-order chi connectivity index (χ1) is 13.3. The second-order valence-corrected chi connectivity index (χ2v) is 8.83. The van der Waals surface area contributed by atoms with Crippen LogP contribution in [0.25, 0.3) is 16.9 Å². The predicted molar refractivity (Wildman–Crippen MR) is 110 cm³/mol. The van der Waals surface area contributed by atoms with Crippen molar-refractivity contribution < 1.29 is 4.74 Å². The van der Waals surface area contributed by atoms with Gasteiger partial charge in [-0.1, -0.05) is 13.8 Å². The van der Waals surface area contributed by atoms with Crippen molar-refractivity contribution in [1.82, 2.24) is 19.6 Å². The molecule has 2 N–H and O–H groups in total. The van der Waals surface area contributed by atoms with E-state index < -0.39 is 0 Å². The molecular formula is C22H29N5O. The Labute approximate surface area is 166 Å². The van der Waals surface area contributed by atoms with Gasteiger partial charge < -0.3 is 10.5 Å². The molecule has 3 aromatic heterocycles. The van der Waals surface area contributed by atoms with Crippen LogP contribution in [0.5, 0.6) is 5.88 Å². The molecule has 0 bridgehead atoms. The molecule has 3 heterocycles. The molecule has 0 unspecified atom stereocenters. The van der Waals surface area contributed by atoms with Gasteiger partial charge in [0.2, 0.25) is 5.88 Å². The second kappa shape index (κ2) is 7.17. The highest BCUT2D eigenvalue weighted by atomic mass is 16.5. The van der Waals surface area contributed by atoms with E-state index in [2.05, 4.69) is 35.9 Å². The maximum Gasteiger partial charge on any atom is 0.216 e. The zero-order chi connectivity index (χ0) is 19.9. The fourth-order valence-electron chi connectivity index (χ4n) is 3.79. The minimum Gasteiger partial charge on any atom is -0.476 e. The van der Waals surface area contributed by atoms with E-state index in [9.17, 15) is 0 Å². The normalized spacial score (nSPS) is 16.5. The van der Waals surface area contributed by atoms with Crippen LogP contribution in [0.1, 0.15) is 57.2 Å². The number of nitrogens with two attached hydrogens (primary N) is 1. The lowest BCUT2D eigenvalue weighted by molar-refractivity contribution is 0.199. The van der Waals surface area contributed by atoms with Gasteiger partial charge in [-0.25, -0.2) is 14.5 Å². The Balaban J connectivity index is 1.57. The first-order valence-corrected chi connectivity index (χ1v) is 10.1. The van der Waals surface area contributed by atoms with Crippen LogP contribution >= 0.6 is 0 Å². The van der Waals surface area contributed by atoms with Crippen LogP contribution in [0.4, 0.5) is 0 Å². The van der Waals surface area contributed by atoms with Crippen molar-refractivity contribution in [3.8, 4) is 17.1 Å². The first-order valence-electron chi connectivity index (χ1n) is 10.1. The summed E-state index contributed by atoms with van der Waals surface area (Å²) >= 11 is 0. The Morgan fingerprint density at radius 3 is 2.75 bits per heavy atom. The quantitative estimate of drug-likeness (QED) is 0.668. The number of rotatable bonds is 7. The predicted octanol–water partition coefficient (Wildman–Crippen LogP) is 4.12. The van der Waals surface area contributed by atoms with Crippen molar-refractivity contribution in [3.05, 3.63) is 41.9 Å². The Bertz CT molecular complexity index is 988. The Kier molecular flexibility index (Phi) is 4.83. The van der Waals surface area contributed by atoms with Gasteiger partial charge >= 0.3 is 0 Å². The highest BCUT2D eigenvalue weighted by molar-refractivity contribution is 5.63. The van der Waals surface area contributed by atoms with Crippen molar-refractivity contribution in [1.29, 1.82) is 0 Å². The van der Waals surface area contributed by atoms with Crippen molar-refractivity contribution in [2.75, 3.05) is 6.61 Å². The molecule has 148 valence electrons. The van der Waals surface area contributed by atoms with Gasteiger partial charge in [-0.3, -0.25) is 0 Å². The summed E-state index contributed by atoms with van der Waals surface area (Å²) in [6, 6.07) is 6.16. The fourth-order valence-corrected chi connectivity index (χ4v) is 3.79. The lowest BCUT2D eigenvalue weighted by Gasteiger charge is -2.26. The summed E-state index contributed by atoms with van der Waals surface area (Å²) in [4.78, 5) is 9.02. The molecule has 0 saturated heterocycles. The minimum absolute atomic E-state index is 0.369. The van der Waals surface area contributed by atoms with E-state index in [1.54, 1.807) is 0 Å². The van der Waals surface area contributed by atoms with Crippen LogP contribution in [0.3, 0.4) is 0 Å². The third-order valence-electron chi connectivity index (χ3n) is 5.11. The average molecular weight is 380 g/mol. The monoisotopic (exact) mass is 379 g/mol. The highest BCUT2D eigenvalue weighted by Gasteiger charge is 2.27. The van der Waals surface area contributed by atoms with Gasteiger partial charge in [0, 0.05) is 41.0 Å². The Hall–Kier alpha value is -2.47. The molecule has 6 heteroatoms. The number of aromatic nitrogens is 4. The molecule has 0 radical (unpaired) electrons. The molecule has 1 atom stereocenters. The zero-order valence-electron chi connectivity index (χ0n) is 17.1. The van der Waals surface area contributed by atoms with Crippen LogP contribution in [-0.4, -0.2) is 31.7 Å². The van der Waals surface area contributed by atoms with Gasteiger partial charge in [-0.15, -0.1) is 0 Å². The van der Waals surface area contributed by atoms with E-state index in [-0.39, 0.29) is 5.54 Å². The standard InChI is InChI=1S/C22H29N5O/c1-14(2)11-22(4,23)13-28-21-15(3)9-17(12-25-21)19-7-8-24-20-10-18(16-5-6-16)26-27(19)20/h7-10,12,14,16H,5-6,11,13,23H2,1-4H3/t22-/m0/s1. The number of nitrogens with zero attached hydrogens (tertiary/aromatic N) is 4. The van der Waals surface area contributed by atoms with E-state index in [0.29, 0.717) is 24.3 Å². The largest absolute Gasteiger partial charge is 0.476 e. The summed E-state index contributed by atoms with van der Waals surface area (Å²) in [6.07, 6.45) is 7.02. The van der Waals surface area contributed by atoms with E-state index in [1.807, 2.05) is 36.8 Å². The summed E-state index contributed by atoms with van der Waals surface area (Å²) in [6.45, 7) is 8.83. The first kappa shape index (κ1) is 18.9. The molecule has 0 aromatic carbocycles. The molecule has 0 amide bonds. The van der Waals surface area contributed by atoms with Gasteiger partial charge in [-0.2, -0.15) is 5.10 Å². The smallest absolute Gasteiger partial charge is 0.216 e. The summed E-state index contributed by atoms with van der Waals surface area (Å²) in [7, 11) is 0. The summed E-state index contributed by atoms with van der Waals surface area (Å²) in [5, 5.41) is 4.78. The van der Waals surface area contributed by atoms with Crippen molar-refractivity contribution in [3.63, 3.8) is 0 Å². The van der Waals surface area contributed by atoms with Crippen LogP contribution in [-0.2, 0) is 0 Å². The van der Waals surface area contributed by atoms with Crippen LogP contribution in [0, 0.1) is 12.8 Å². The highest BCUT2D eigenvalue weighted by Crippen LogP contribution is 2.39. The average Bonchev–Trinajstić information content (AvgIpc) is 3.38. The van der Waals surface area contributed by atoms with Crippen molar-refractivity contribution in [2.24, 2.45) is 11.7 Å². The molecule has 1 aliphatic rings. The number of ether oxygens (including phenoxy) is 1. The maximum absolute atomic E-state index is 6.36. The number of hydrogen-bond acceptors (Lipinski definition) is 5. The van der Waals surface area contributed by atoms with Gasteiger partial charge in [-0.05, 0) is 51.2 Å². The fraction of sp³-hybridized carbons (Fsp3) is 0.500. The third kappa shape index (κ3) is 4.02. The van der Waals surface area contributed by atoms with E-state index in [0.717, 1.165) is 34.6 Å². The van der Waals surface area contributed by atoms with Crippen molar-refractivity contribution >= 4 is 5.65 Å². The minimum atomic E-state index is -0.369. The van der Waals surface area contributed by atoms with Gasteiger partial charge in [0.25, 0.3) is 0 Å². The molecule has 1 fully saturated rings. The summed E-state index contributed by atoms with van der Waals surface area (Å²) in [5.41, 5.74) is 11.0. The Morgan fingerprint density at radius 1 is 1.29 bits per heavy atom. The molecule has 1 saturated carbocycles. The molecule has 3 aromatic rings. The number of aryl methyl sites for hydroxylation is 1. The number of hydrogen-bond donors (Lipinski definition) is 1. The lowest BCUT2D eigenvalue weighted by Crippen LogP contribution is -2.43. The molecule has 28 heavy (non-hydrogen) atoms. The topological polar surface area (TPSA) is 78.3 Å². The van der Waals surface area contributed by atoms with Crippen LogP contribution < -0.4 is 10.5 Å². The number of pyridine rings is 1. The van der Waals surface area contributed by atoms with Crippen LogP contribution in [0.15, 0.2) is 30.6 Å². The zero-order valence-corrected chi connectivity index (χ0v) is 17.1. The molecule has 4 rings (SSSR count). The second-order valence-electron chi connectivity index (χ2n) is 8.83. The maximum atomic E-state index is 6.36. The summed E-state index contributed by atoms with van der Waals surface area (Å²) < 4.78 is 7.87. The van der Waals surface area contributed by atoms with Crippen LogP contribution in [0.2, 0.25) is 0 Å². The van der Waals surface area contributed by atoms with Gasteiger partial charge in [0.05, 0.1) is 11.4 Å². The SMILES string of the molecule is Cc1cc(-c2ccnc3cc(C4CC4)nn23)cnc1OC[C@@](C)(N)CC(C)C. The molecular weight excluding hydrogens is 350 g/mol. The molecule has 1 aliphatic carbocycles. The van der Waals surface area contributed by atoms with Crippen molar-refractivity contribution in [2.45, 2.75) is 58.4 Å².